The van der Waals surface area contributed by atoms with Gasteiger partial charge >= 0.3 is 6.09 Å². The summed E-state index contributed by atoms with van der Waals surface area (Å²) >= 11 is 0. The van der Waals surface area contributed by atoms with Crippen molar-refractivity contribution in [3.8, 4) is 0 Å². The smallest absolute Gasteiger partial charge is 0.410 e. The molecule has 0 unspecified atom stereocenters. The number of ether oxygens (including phenoxy) is 3. The predicted octanol–water partition coefficient (Wildman–Crippen LogP) is 1.24. The molecule has 19 heavy (non-hydrogen) atoms. The van der Waals surface area contributed by atoms with Gasteiger partial charge in [0.15, 0.2) is 0 Å². The highest BCUT2D eigenvalue weighted by Gasteiger charge is 2.20. The van der Waals surface area contributed by atoms with E-state index in [1.165, 1.54) is 0 Å². The lowest BCUT2D eigenvalue weighted by Crippen LogP contribution is -2.38. The highest BCUT2D eigenvalue weighted by atomic mass is 16.6. The fourth-order valence-electron chi connectivity index (χ4n) is 1.29. The van der Waals surface area contributed by atoms with Crippen LogP contribution in [0.2, 0.25) is 0 Å². The lowest BCUT2D eigenvalue weighted by Gasteiger charge is -2.26. The van der Waals surface area contributed by atoms with Gasteiger partial charge in [0.05, 0.1) is 26.4 Å². The van der Waals surface area contributed by atoms with Crippen molar-refractivity contribution >= 4 is 6.09 Å². The summed E-state index contributed by atoms with van der Waals surface area (Å²) in [5.74, 6) is 0. The molecule has 6 heteroatoms. The maximum Gasteiger partial charge on any atom is 0.410 e. The van der Waals surface area contributed by atoms with Crippen molar-refractivity contribution < 1.29 is 19.0 Å². The van der Waals surface area contributed by atoms with Crippen LogP contribution in [0.25, 0.3) is 0 Å². The van der Waals surface area contributed by atoms with E-state index < -0.39 is 5.60 Å². The summed E-state index contributed by atoms with van der Waals surface area (Å²) in [7, 11) is 0. The largest absolute Gasteiger partial charge is 0.444 e. The Hall–Kier alpha value is -0.850. The number of nitrogens with zero attached hydrogens (tertiary/aromatic N) is 1. The number of rotatable bonds is 9. The summed E-state index contributed by atoms with van der Waals surface area (Å²) in [5.41, 5.74) is 4.82. The van der Waals surface area contributed by atoms with E-state index in [0.717, 1.165) is 0 Å². The van der Waals surface area contributed by atoms with E-state index in [1.54, 1.807) is 4.90 Å². The van der Waals surface area contributed by atoms with Gasteiger partial charge in [-0.15, -0.1) is 0 Å². The highest BCUT2D eigenvalue weighted by Crippen LogP contribution is 2.09. The van der Waals surface area contributed by atoms with Crippen LogP contribution >= 0.6 is 0 Å². The minimum atomic E-state index is -0.471. The molecule has 0 saturated carbocycles. The number of likely N-dealkylation sites (N-methyl/N-ethyl adjacent to an activating group) is 1. The van der Waals surface area contributed by atoms with E-state index in [-0.39, 0.29) is 6.09 Å². The zero-order valence-corrected chi connectivity index (χ0v) is 12.6. The summed E-state index contributed by atoms with van der Waals surface area (Å²) in [5, 5.41) is 0. The molecule has 0 fully saturated rings. The number of carbonyl (C=O) groups excluding carboxylic acids is 1. The SMILES string of the molecule is CCN(CCOCCOCCN)C(=O)OC(C)(C)C. The second kappa shape index (κ2) is 10.00. The number of carbonyl (C=O) groups is 1. The molecule has 0 aliphatic rings. The lowest BCUT2D eigenvalue weighted by atomic mass is 10.2. The highest BCUT2D eigenvalue weighted by molar-refractivity contribution is 5.68. The second-order valence-electron chi connectivity index (χ2n) is 5.07. The summed E-state index contributed by atoms with van der Waals surface area (Å²) in [6.45, 7) is 11.1. The van der Waals surface area contributed by atoms with Gasteiger partial charge in [0.25, 0.3) is 0 Å². The summed E-state index contributed by atoms with van der Waals surface area (Å²) in [4.78, 5) is 13.4. The Balaban J connectivity index is 3.73. The Morgan fingerprint density at radius 2 is 1.68 bits per heavy atom. The molecule has 0 aliphatic carbocycles. The first-order valence-electron chi connectivity index (χ1n) is 6.74. The molecule has 0 saturated heterocycles. The third-order valence-electron chi connectivity index (χ3n) is 2.17. The third kappa shape index (κ3) is 10.7. The monoisotopic (exact) mass is 276 g/mol. The molecular weight excluding hydrogens is 248 g/mol. The van der Waals surface area contributed by atoms with Gasteiger partial charge in [-0.05, 0) is 27.7 Å². The minimum Gasteiger partial charge on any atom is -0.444 e. The molecule has 0 atom stereocenters. The first-order chi connectivity index (χ1) is 8.90. The first kappa shape index (κ1) is 18.1. The van der Waals surface area contributed by atoms with E-state index in [0.29, 0.717) is 46.1 Å². The standard InChI is InChI=1S/C13H28N2O4/c1-5-15(12(16)19-13(2,3)4)7-9-18-11-10-17-8-6-14/h5-11,14H2,1-4H3. The molecule has 1 amide bonds. The molecule has 0 radical (unpaired) electrons. The van der Waals surface area contributed by atoms with Gasteiger partial charge in [0.2, 0.25) is 0 Å². The molecule has 0 aliphatic heterocycles. The van der Waals surface area contributed by atoms with E-state index in [9.17, 15) is 4.79 Å². The molecule has 2 N–H and O–H groups in total. The molecule has 0 bridgehead atoms. The number of nitrogens with two attached hydrogens (primary N) is 1. The molecule has 0 aromatic heterocycles. The zero-order chi connectivity index (χ0) is 14.7. The number of hydrogen-bond acceptors (Lipinski definition) is 5. The van der Waals surface area contributed by atoms with Crippen LogP contribution in [0.4, 0.5) is 4.79 Å². The fraction of sp³-hybridized carbons (Fsp3) is 0.923. The summed E-state index contributed by atoms with van der Waals surface area (Å²) in [6.07, 6.45) is -0.307. The van der Waals surface area contributed by atoms with Gasteiger partial charge in [-0.25, -0.2) is 4.79 Å². The van der Waals surface area contributed by atoms with Crippen LogP contribution in [0, 0.1) is 0 Å². The van der Waals surface area contributed by atoms with Crippen molar-refractivity contribution in [1.29, 1.82) is 0 Å². The Bertz CT molecular complexity index is 241. The Labute approximate surface area is 116 Å². The van der Waals surface area contributed by atoms with Crippen molar-refractivity contribution in [3.05, 3.63) is 0 Å². The normalized spacial score (nSPS) is 11.4. The number of hydrogen-bond donors (Lipinski definition) is 1. The first-order valence-corrected chi connectivity index (χ1v) is 6.74. The van der Waals surface area contributed by atoms with Gasteiger partial charge < -0.3 is 24.8 Å². The minimum absolute atomic E-state index is 0.307. The molecule has 0 heterocycles. The zero-order valence-electron chi connectivity index (χ0n) is 12.6. The lowest BCUT2D eigenvalue weighted by molar-refractivity contribution is 0.0124. The van der Waals surface area contributed by atoms with Crippen molar-refractivity contribution in [2.45, 2.75) is 33.3 Å². The third-order valence-corrected chi connectivity index (χ3v) is 2.17. The van der Waals surface area contributed by atoms with Crippen LogP contribution in [-0.2, 0) is 14.2 Å². The second-order valence-corrected chi connectivity index (χ2v) is 5.07. The molecule has 0 aromatic rings. The molecule has 6 nitrogen and oxygen atoms in total. The van der Waals surface area contributed by atoms with Crippen LogP contribution in [0.15, 0.2) is 0 Å². The van der Waals surface area contributed by atoms with Crippen molar-refractivity contribution in [3.63, 3.8) is 0 Å². The van der Waals surface area contributed by atoms with E-state index in [4.69, 9.17) is 19.9 Å². The number of amides is 1. The topological polar surface area (TPSA) is 74.0 Å². The molecular formula is C13H28N2O4. The van der Waals surface area contributed by atoms with E-state index in [2.05, 4.69) is 0 Å². The Morgan fingerprint density at radius 1 is 1.11 bits per heavy atom. The van der Waals surface area contributed by atoms with Gasteiger partial charge in [-0.1, -0.05) is 0 Å². The fourth-order valence-corrected chi connectivity index (χ4v) is 1.29. The Morgan fingerprint density at radius 3 is 2.16 bits per heavy atom. The summed E-state index contributed by atoms with van der Waals surface area (Å²) < 4.78 is 15.8. The molecule has 0 spiro atoms. The van der Waals surface area contributed by atoms with Crippen LogP contribution < -0.4 is 5.73 Å². The van der Waals surface area contributed by atoms with E-state index in [1.807, 2.05) is 27.7 Å². The molecule has 0 rings (SSSR count). The maximum absolute atomic E-state index is 11.8. The quantitative estimate of drug-likeness (QED) is 0.641. The maximum atomic E-state index is 11.8. The van der Waals surface area contributed by atoms with Gasteiger partial charge in [0.1, 0.15) is 5.60 Å². The average molecular weight is 276 g/mol. The van der Waals surface area contributed by atoms with Crippen LogP contribution in [0.5, 0.6) is 0 Å². The van der Waals surface area contributed by atoms with Crippen LogP contribution in [0.1, 0.15) is 27.7 Å². The van der Waals surface area contributed by atoms with Crippen LogP contribution in [-0.4, -0.2) is 62.7 Å². The van der Waals surface area contributed by atoms with Gasteiger partial charge in [0, 0.05) is 19.6 Å². The van der Waals surface area contributed by atoms with Crippen LogP contribution in [0.3, 0.4) is 0 Å². The van der Waals surface area contributed by atoms with Crippen molar-refractivity contribution in [2.24, 2.45) is 5.73 Å². The van der Waals surface area contributed by atoms with Gasteiger partial charge in [-0.2, -0.15) is 0 Å². The molecule has 0 aromatic carbocycles. The Kier molecular flexibility index (Phi) is 9.55. The van der Waals surface area contributed by atoms with Crippen molar-refractivity contribution in [1.82, 2.24) is 4.90 Å². The van der Waals surface area contributed by atoms with Crippen molar-refractivity contribution in [2.75, 3.05) is 46.1 Å². The summed E-state index contributed by atoms with van der Waals surface area (Å²) in [6, 6.07) is 0. The average Bonchev–Trinajstić information content (AvgIpc) is 2.30. The van der Waals surface area contributed by atoms with E-state index >= 15 is 0 Å². The molecule has 114 valence electrons. The predicted molar refractivity (Wildman–Crippen MR) is 74.2 cm³/mol. The van der Waals surface area contributed by atoms with Gasteiger partial charge in [-0.3, -0.25) is 0 Å².